The lowest BCUT2D eigenvalue weighted by atomic mass is 10.1. The number of hydrogen-bond donors (Lipinski definition) is 0. The van der Waals surface area contributed by atoms with Crippen molar-refractivity contribution in [2.24, 2.45) is 5.92 Å². The second-order valence-electron chi connectivity index (χ2n) is 7.04. The lowest BCUT2D eigenvalue weighted by Gasteiger charge is -2.37. The number of hydrogen-bond acceptors (Lipinski definition) is 1. The second kappa shape index (κ2) is 6.74. The second-order valence-corrected chi connectivity index (χ2v) is 11.8. The first-order valence-electron chi connectivity index (χ1n) is 6.83. The maximum atomic E-state index is 6.23. The molecule has 0 saturated heterocycles. The van der Waals surface area contributed by atoms with Crippen LogP contribution in [-0.2, 0) is 4.43 Å². The van der Waals surface area contributed by atoms with E-state index < -0.39 is 8.32 Å². The quantitative estimate of drug-likeness (QED) is 0.457. The van der Waals surface area contributed by atoms with Gasteiger partial charge in [-0.05, 0) is 50.7 Å². The van der Waals surface area contributed by atoms with Gasteiger partial charge in [0.1, 0.15) is 0 Å². The molecule has 0 radical (unpaired) electrons. The van der Waals surface area contributed by atoms with Crippen molar-refractivity contribution in [3.05, 3.63) is 11.6 Å². The molecule has 0 spiro atoms. The Morgan fingerprint density at radius 2 is 1.76 bits per heavy atom. The maximum Gasteiger partial charge on any atom is 0.191 e. The van der Waals surface area contributed by atoms with Crippen LogP contribution in [0.25, 0.3) is 0 Å². The summed E-state index contributed by atoms with van der Waals surface area (Å²) in [4.78, 5) is 0. The molecule has 0 fully saturated rings. The molecule has 0 heterocycles. The fourth-order valence-electron chi connectivity index (χ4n) is 1.31. The van der Waals surface area contributed by atoms with Gasteiger partial charge in [0.05, 0.1) is 0 Å². The smallest absolute Gasteiger partial charge is 0.191 e. The topological polar surface area (TPSA) is 9.23 Å². The molecule has 1 atom stereocenters. The molecule has 0 N–H and O–H groups in total. The zero-order valence-corrected chi connectivity index (χ0v) is 14.2. The van der Waals surface area contributed by atoms with E-state index in [1.54, 1.807) is 0 Å². The Morgan fingerprint density at radius 3 is 2.18 bits per heavy atom. The minimum atomic E-state index is -1.54. The highest BCUT2D eigenvalue weighted by Crippen LogP contribution is 2.36. The van der Waals surface area contributed by atoms with E-state index >= 15 is 0 Å². The summed E-state index contributed by atoms with van der Waals surface area (Å²) in [6.45, 7) is 19.1. The Labute approximate surface area is 110 Å². The van der Waals surface area contributed by atoms with E-state index in [4.69, 9.17) is 4.43 Å². The van der Waals surface area contributed by atoms with Gasteiger partial charge in [0, 0.05) is 6.61 Å². The summed E-state index contributed by atoms with van der Waals surface area (Å²) in [7, 11) is -1.54. The molecule has 0 aromatic carbocycles. The molecule has 102 valence electrons. The van der Waals surface area contributed by atoms with Gasteiger partial charge in [0.25, 0.3) is 0 Å². The molecule has 0 amide bonds. The van der Waals surface area contributed by atoms with Crippen LogP contribution in [0.1, 0.15) is 54.4 Å². The predicted octanol–water partition coefficient (Wildman–Crippen LogP) is 5.39. The summed E-state index contributed by atoms with van der Waals surface area (Å²) in [5.74, 6) is 0.666. The van der Waals surface area contributed by atoms with Crippen molar-refractivity contribution in [1.82, 2.24) is 0 Å². The van der Waals surface area contributed by atoms with Gasteiger partial charge in [-0.3, -0.25) is 0 Å². The minimum Gasteiger partial charge on any atom is -0.417 e. The Kier molecular flexibility index (Phi) is 6.71. The van der Waals surface area contributed by atoms with Crippen LogP contribution in [0.2, 0.25) is 18.1 Å². The molecule has 0 aliphatic rings. The third kappa shape index (κ3) is 7.05. The van der Waals surface area contributed by atoms with Crippen molar-refractivity contribution in [2.45, 2.75) is 72.5 Å². The highest BCUT2D eigenvalue weighted by Gasteiger charge is 2.37. The van der Waals surface area contributed by atoms with Crippen LogP contribution >= 0.6 is 0 Å². The molecule has 0 aliphatic carbocycles. The van der Waals surface area contributed by atoms with Crippen molar-refractivity contribution in [3.8, 4) is 0 Å². The molecule has 0 bridgehead atoms. The van der Waals surface area contributed by atoms with Crippen LogP contribution in [0.15, 0.2) is 11.6 Å². The molecule has 17 heavy (non-hydrogen) atoms. The van der Waals surface area contributed by atoms with Gasteiger partial charge in [0.15, 0.2) is 8.32 Å². The van der Waals surface area contributed by atoms with E-state index in [0.29, 0.717) is 11.0 Å². The van der Waals surface area contributed by atoms with Crippen molar-refractivity contribution < 1.29 is 4.43 Å². The summed E-state index contributed by atoms with van der Waals surface area (Å²) < 4.78 is 6.23. The van der Waals surface area contributed by atoms with Gasteiger partial charge in [-0.1, -0.05) is 39.3 Å². The van der Waals surface area contributed by atoms with Crippen LogP contribution in [0.3, 0.4) is 0 Å². The Bertz CT molecular complexity index is 244. The SMILES string of the molecule is CC(C)=CCC[C@H](C)CO[Si](C)(C)C(C)(C)C. The molecule has 1 nitrogen and oxygen atoms in total. The molecular weight excluding hydrogens is 224 g/mol. The summed E-state index contributed by atoms with van der Waals surface area (Å²) >= 11 is 0. The van der Waals surface area contributed by atoms with Crippen LogP contribution in [0, 0.1) is 5.92 Å². The maximum absolute atomic E-state index is 6.23. The zero-order chi connectivity index (χ0) is 13.7. The molecule has 0 aliphatic heterocycles. The van der Waals surface area contributed by atoms with E-state index in [-0.39, 0.29) is 0 Å². The van der Waals surface area contributed by atoms with Gasteiger partial charge in [-0.25, -0.2) is 0 Å². The Hall–Kier alpha value is -0.0831. The van der Waals surface area contributed by atoms with Crippen molar-refractivity contribution in [3.63, 3.8) is 0 Å². The first kappa shape index (κ1) is 16.9. The normalized spacial score (nSPS) is 14.6. The number of rotatable bonds is 6. The summed E-state index contributed by atoms with van der Waals surface area (Å²) in [6.07, 6.45) is 4.74. The van der Waals surface area contributed by atoms with E-state index in [1.165, 1.54) is 18.4 Å². The summed E-state index contributed by atoms with van der Waals surface area (Å²) in [5.41, 5.74) is 1.42. The zero-order valence-electron chi connectivity index (χ0n) is 13.2. The highest BCUT2D eigenvalue weighted by molar-refractivity contribution is 6.74. The van der Waals surface area contributed by atoms with E-state index in [0.717, 1.165) is 6.61 Å². The van der Waals surface area contributed by atoms with E-state index in [2.05, 4.69) is 60.7 Å². The third-order valence-electron chi connectivity index (χ3n) is 3.75. The predicted molar refractivity (Wildman–Crippen MR) is 81.0 cm³/mol. The average Bonchev–Trinajstić information content (AvgIpc) is 2.12. The number of allylic oxidation sites excluding steroid dienone is 2. The van der Waals surface area contributed by atoms with Gasteiger partial charge >= 0.3 is 0 Å². The van der Waals surface area contributed by atoms with E-state index in [9.17, 15) is 0 Å². The van der Waals surface area contributed by atoms with Crippen LogP contribution in [0.4, 0.5) is 0 Å². The fourth-order valence-corrected chi connectivity index (χ4v) is 2.44. The molecule has 0 aromatic rings. The standard InChI is InChI=1S/C15H32OSi/c1-13(2)10-9-11-14(3)12-16-17(7,8)15(4,5)6/h10,14H,9,11-12H2,1-8H3/t14-/m0/s1. The molecular formula is C15H32OSi. The van der Waals surface area contributed by atoms with Gasteiger partial charge in [-0.15, -0.1) is 0 Å². The molecule has 2 heteroatoms. The van der Waals surface area contributed by atoms with Gasteiger partial charge in [-0.2, -0.15) is 0 Å². The van der Waals surface area contributed by atoms with Gasteiger partial charge < -0.3 is 4.43 Å². The fraction of sp³-hybridized carbons (Fsp3) is 0.867. The first-order valence-corrected chi connectivity index (χ1v) is 9.74. The van der Waals surface area contributed by atoms with Crippen LogP contribution in [-0.4, -0.2) is 14.9 Å². The Morgan fingerprint density at radius 1 is 1.24 bits per heavy atom. The molecule has 0 rings (SSSR count). The van der Waals surface area contributed by atoms with Gasteiger partial charge in [0.2, 0.25) is 0 Å². The van der Waals surface area contributed by atoms with Crippen molar-refractivity contribution in [1.29, 1.82) is 0 Å². The van der Waals surface area contributed by atoms with Crippen LogP contribution < -0.4 is 0 Å². The molecule has 0 saturated carbocycles. The Balaban J connectivity index is 4.00. The molecule has 0 unspecified atom stereocenters. The lowest BCUT2D eigenvalue weighted by molar-refractivity contribution is 0.231. The van der Waals surface area contributed by atoms with E-state index in [1.807, 2.05) is 0 Å². The summed E-state index contributed by atoms with van der Waals surface area (Å²) in [6, 6.07) is 0. The monoisotopic (exact) mass is 256 g/mol. The first-order chi connectivity index (χ1) is 7.56. The summed E-state index contributed by atoms with van der Waals surface area (Å²) in [5, 5.41) is 0.326. The van der Waals surface area contributed by atoms with Crippen molar-refractivity contribution >= 4 is 8.32 Å². The van der Waals surface area contributed by atoms with Crippen LogP contribution in [0.5, 0.6) is 0 Å². The average molecular weight is 257 g/mol. The molecule has 0 aromatic heterocycles. The lowest BCUT2D eigenvalue weighted by Crippen LogP contribution is -2.41. The third-order valence-corrected chi connectivity index (χ3v) is 8.25. The highest BCUT2D eigenvalue weighted by atomic mass is 28.4. The van der Waals surface area contributed by atoms with Crippen molar-refractivity contribution in [2.75, 3.05) is 6.61 Å². The minimum absolute atomic E-state index is 0.326. The largest absolute Gasteiger partial charge is 0.417 e.